The number of nitrogens with zero attached hydrogens (tertiary/aromatic N) is 2. The number of aliphatic hydroxyl groups excluding tert-OH is 1. The lowest BCUT2D eigenvalue weighted by Gasteiger charge is -2.37. The number of H-pyrrole nitrogens is 2. The van der Waals surface area contributed by atoms with Gasteiger partial charge in [-0.15, -0.1) is 0 Å². The molecular weight excluding hydrogens is 820 g/mol. The number of aromatic nitrogens is 4. The second-order valence-electron chi connectivity index (χ2n) is 14.5. The second kappa shape index (κ2) is 17.9. The maximum Gasteiger partial charge on any atom is 0.330 e. The van der Waals surface area contributed by atoms with Crippen molar-refractivity contribution in [3.63, 3.8) is 0 Å². The molecule has 318 valence electrons. The zero-order valence-electron chi connectivity index (χ0n) is 33.1. The molecule has 0 aliphatic carbocycles. The Balaban J connectivity index is 1.19. The molecule has 0 amide bonds. The summed E-state index contributed by atoms with van der Waals surface area (Å²) in [5, 5.41) is 10.8. The van der Waals surface area contributed by atoms with Gasteiger partial charge in [0.25, 0.3) is 11.1 Å². The van der Waals surface area contributed by atoms with Crippen molar-refractivity contribution in [3.05, 3.63) is 161 Å². The first-order chi connectivity index (χ1) is 28.7. The smallest absolute Gasteiger partial charge is 0.330 e. The van der Waals surface area contributed by atoms with E-state index in [0.29, 0.717) is 11.5 Å². The monoisotopic (exact) mass is 864 g/mol. The molecule has 4 heterocycles. The van der Waals surface area contributed by atoms with Gasteiger partial charge in [0.15, 0.2) is 0 Å². The molecule has 4 N–H and O–H groups in total. The van der Waals surface area contributed by atoms with Crippen LogP contribution >= 0.6 is 6.72 Å². The van der Waals surface area contributed by atoms with Crippen molar-refractivity contribution >= 4 is 18.5 Å². The number of aromatic amines is 2. The summed E-state index contributed by atoms with van der Waals surface area (Å²) in [6, 6.07) is 24.4. The highest BCUT2D eigenvalue weighted by Gasteiger charge is 2.45. The number of hydrogen-bond acceptors (Lipinski definition) is 13. The summed E-state index contributed by atoms with van der Waals surface area (Å²) >= 11 is 5.49. The van der Waals surface area contributed by atoms with E-state index >= 15 is 0 Å². The maximum absolute atomic E-state index is 13.1. The lowest BCUT2D eigenvalue weighted by atomic mass is 9.80. The van der Waals surface area contributed by atoms with Crippen LogP contribution in [0.25, 0.3) is 0 Å². The molecule has 7 rings (SSSR count). The van der Waals surface area contributed by atoms with Crippen LogP contribution in [-0.2, 0) is 40.7 Å². The lowest BCUT2D eigenvalue weighted by molar-refractivity contribution is -0.0936. The maximum atomic E-state index is 13.1. The van der Waals surface area contributed by atoms with Gasteiger partial charge in [-0.25, -0.2) is 9.59 Å². The highest BCUT2D eigenvalue weighted by atomic mass is 32.5. The van der Waals surface area contributed by atoms with E-state index in [-0.39, 0.29) is 30.6 Å². The van der Waals surface area contributed by atoms with E-state index in [1.54, 1.807) is 21.1 Å². The quantitative estimate of drug-likeness (QED) is 0.0879. The van der Waals surface area contributed by atoms with Gasteiger partial charge < -0.3 is 42.7 Å². The predicted molar refractivity (Wildman–Crippen MR) is 221 cm³/mol. The van der Waals surface area contributed by atoms with E-state index in [2.05, 4.69) is 9.97 Å². The molecule has 17 nitrogen and oxygen atoms in total. The number of aliphatic hydroxyl groups is 1. The van der Waals surface area contributed by atoms with Crippen LogP contribution in [0, 0.1) is 13.8 Å². The Morgan fingerprint density at radius 2 is 1.22 bits per heavy atom. The molecule has 3 aromatic carbocycles. The van der Waals surface area contributed by atoms with E-state index in [0.717, 1.165) is 16.7 Å². The van der Waals surface area contributed by atoms with E-state index in [4.69, 9.17) is 44.5 Å². The van der Waals surface area contributed by atoms with Gasteiger partial charge >= 0.3 is 18.1 Å². The highest BCUT2D eigenvalue weighted by molar-refractivity contribution is 8.07. The van der Waals surface area contributed by atoms with Gasteiger partial charge in [0, 0.05) is 36.4 Å². The van der Waals surface area contributed by atoms with Gasteiger partial charge in [0.05, 0.1) is 39.6 Å². The molecular formula is C41H45N4O13PS. The molecule has 0 saturated carbocycles. The van der Waals surface area contributed by atoms with Gasteiger partial charge in [-0.2, -0.15) is 0 Å². The topological polar surface area (TPSA) is 215 Å². The summed E-state index contributed by atoms with van der Waals surface area (Å²) < 4.78 is 44.7. The molecule has 2 fully saturated rings. The summed E-state index contributed by atoms with van der Waals surface area (Å²) in [5.41, 5.74) is -1.01. The zero-order valence-corrected chi connectivity index (χ0v) is 34.8. The normalized spacial score (nSPS) is 22.7. The standard InChI is InChI=1S/C41H45N4O13PS/c1-24-20-44(39(49)42-37(24)47)35-18-31(46)33(56-35)23-55-59(51,60)58-32-19-36(45-21-25(2)38(48)43-40(45)50)57-34(32)22-54-41(26-8-6-5-7-9-26,27-10-14-29(52-3)15-11-27)28-12-16-30(53-4)17-13-28/h5-17,20-21,31-36,46H,18-19,22-23H2,1-4H3,(H,51,60)(H,42,47,49)(H,43,48,50)/t31-,32-,33+,34+,35+,36+,59?/m0/s1. The van der Waals surface area contributed by atoms with Crippen LogP contribution in [0.4, 0.5) is 0 Å². The predicted octanol–water partition coefficient (Wildman–Crippen LogP) is 3.28. The molecule has 0 radical (unpaired) electrons. The Morgan fingerprint density at radius 1 is 0.733 bits per heavy atom. The van der Waals surface area contributed by atoms with Crippen LogP contribution < -0.4 is 32.0 Å². The van der Waals surface area contributed by atoms with Crippen molar-refractivity contribution in [2.45, 2.75) is 69.2 Å². The molecule has 0 spiro atoms. The zero-order chi connectivity index (χ0) is 42.8. The van der Waals surface area contributed by atoms with Crippen molar-refractivity contribution in [3.8, 4) is 11.5 Å². The molecule has 2 aromatic heterocycles. The Kier molecular flexibility index (Phi) is 12.9. The van der Waals surface area contributed by atoms with E-state index in [1.165, 1.54) is 28.5 Å². The minimum atomic E-state index is -4.16. The number of nitrogens with one attached hydrogen (secondary N) is 2. The Labute approximate surface area is 348 Å². The number of ether oxygens (including phenoxy) is 5. The van der Waals surface area contributed by atoms with Crippen LogP contribution in [0.1, 0.15) is 53.1 Å². The van der Waals surface area contributed by atoms with E-state index in [1.807, 2.05) is 78.9 Å². The first-order valence-electron chi connectivity index (χ1n) is 19.0. The first kappa shape index (κ1) is 43.1. The molecule has 5 aromatic rings. The van der Waals surface area contributed by atoms with Gasteiger partial charge in [-0.05, 0) is 66.6 Å². The Hall–Kier alpha value is -5.01. The second-order valence-corrected chi connectivity index (χ2v) is 17.3. The molecule has 2 saturated heterocycles. The van der Waals surface area contributed by atoms with Gasteiger partial charge in [0.1, 0.15) is 41.8 Å². The molecule has 60 heavy (non-hydrogen) atoms. The molecule has 2 aliphatic rings. The molecule has 1 unspecified atom stereocenters. The largest absolute Gasteiger partial charge is 0.497 e. The van der Waals surface area contributed by atoms with Crippen molar-refractivity contribution in [1.29, 1.82) is 0 Å². The SMILES string of the molecule is COc1ccc(C(OC[C@H]2O[C@@H](n3cc(C)c(=O)[nH]c3=O)C[C@@H]2OP(O)(=S)OC[C@H]2O[C@@H](n3cc(C)c(=O)[nH]c3=O)C[C@@H]2O)(c2ccccc2)c2ccc(OC)cc2)cc1. The van der Waals surface area contributed by atoms with Crippen LogP contribution in [-0.4, -0.2) is 81.0 Å². The number of methoxy groups -OCH3 is 2. The third-order valence-electron chi connectivity index (χ3n) is 10.6. The van der Waals surface area contributed by atoms with Crippen molar-refractivity contribution in [2.75, 3.05) is 27.4 Å². The van der Waals surface area contributed by atoms with E-state index < -0.39 is 78.3 Å². The van der Waals surface area contributed by atoms with E-state index in [9.17, 15) is 29.2 Å². The van der Waals surface area contributed by atoms with Crippen molar-refractivity contribution < 1.29 is 42.7 Å². The summed E-state index contributed by atoms with van der Waals surface area (Å²) in [7, 11) is 3.15. The highest BCUT2D eigenvalue weighted by Crippen LogP contribution is 2.50. The average molecular weight is 865 g/mol. The summed E-state index contributed by atoms with van der Waals surface area (Å²) in [6.45, 7) is -1.67. The van der Waals surface area contributed by atoms with Gasteiger partial charge in [-0.3, -0.25) is 28.7 Å². The number of rotatable bonds is 15. The minimum absolute atomic E-state index is 0.00890. The van der Waals surface area contributed by atoms with Crippen molar-refractivity contribution in [2.24, 2.45) is 0 Å². The molecule has 7 atom stereocenters. The summed E-state index contributed by atoms with van der Waals surface area (Å²) in [4.78, 5) is 65.8. The number of hydrogen-bond donors (Lipinski definition) is 4. The van der Waals surface area contributed by atoms with Crippen molar-refractivity contribution in [1.82, 2.24) is 19.1 Å². The Morgan fingerprint density at radius 3 is 1.73 bits per heavy atom. The third-order valence-corrected chi connectivity index (χ3v) is 12.2. The molecule has 0 bridgehead atoms. The molecule has 2 aliphatic heterocycles. The summed E-state index contributed by atoms with van der Waals surface area (Å²) in [6.07, 6.45) is -3.40. The molecule has 19 heteroatoms. The fourth-order valence-electron chi connectivity index (χ4n) is 7.42. The van der Waals surface area contributed by atoms with Gasteiger partial charge in [-0.1, -0.05) is 54.6 Å². The lowest BCUT2D eigenvalue weighted by Crippen LogP contribution is -2.38. The first-order valence-corrected chi connectivity index (χ1v) is 21.6. The number of benzene rings is 3. The number of aryl methyl sites for hydroxylation is 2. The van der Waals surface area contributed by atoms with Crippen LogP contribution in [0.3, 0.4) is 0 Å². The minimum Gasteiger partial charge on any atom is -0.497 e. The Bertz CT molecular complexity index is 2530. The average Bonchev–Trinajstić information content (AvgIpc) is 3.82. The fraction of sp³-hybridized carbons (Fsp3) is 0.366. The fourth-order valence-corrected chi connectivity index (χ4v) is 8.89. The van der Waals surface area contributed by atoms with Crippen LogP contribution in [0.15, 0.2) is 110 Å². The summed E-state index contributed by atoms with van der Waals surface area (Å²) in [5.74, 6) is 1.26. The van der Waals surface area contributed by atoms with Crippen LogP contribution in [0.5, 0.6) is 11.5 Å². The van der Waals surface area contributed by atoms with Crippen LogP contribution in [0.2, 0.25) is 0 Å². The third kappa shape index (κ3) is 9.02. The van der Waals surface area contributed by atoms with Gasteiger partial charge in [0.2, 0.25) is 0 Å².